The van der Waals surface area contributed by atoms with Crippen molar-refractivity contribution in [2.75, 3.05) is 0 Å². The van der Waals surface area contributed by atoms with Gasteiger partial charge in [0.05, 0.1) is 0 Å². The largest absolute Gasteiger partial charge is 0.267 e. The molecule has 0 radical (unpaired) electrons. The van der Waals surface area contributed by atoms with Crippen LogP contribution in [-0.4, -0.2) is 9.78 Å². The van der Waals surface area contributed by atoms with Crippen LogP contribution in [0.15, 0.2) is 12.3 Å². The zero-order chi connectivity index (χ0) is 8.43. The van der Waals surface area contributed by atoms with E-state index < -0.39 is 0 Å². The molecule has 0 fully saturated rings. The Morgan fingerprint density at radius 3 is 2.27 bits per heavy atom. The molecular formula is C9H16N2. The van der Waals surface area contributed by atoms with E-state index in [9.17, 15) is 0 Å². The van der Waals surface area contributed by atoms with Crippen LogP contribution in [0.25, 0.3) is 0 Å². The third kappa shape index (κ3) is 1.62. The third-order valence-corrected chi connectivity index (χ3v) is 1.78. The summed E-state index contributed by atoms with van der Waals surface area (Å²) in [5.74, 6) is 0.569. The van der Waals surface area contributed by atoms with Crippen molar-refractivity contribution in [2.24, 2.45) is 0 Å². The Labute approximate surface area is 68.2 Å². The highest BCUT2D eigenvalue weighted by Gasteiger charge is 2.07. The van der Waals surface area contributed by atoms with Gasteiger partial charge in [0.25, 0.3) is 0 Å². The van der Waals surface area contributed by atoms with Crippen LogP contribution in [0, 0.1) is 0 Å². The molecule has 0 aliphatic carbocycles. The van der Waals surface area contributed by atoms with Gasteiger partial charge in [-0.05, 0) is 25.8 Å². The topological polar surface area (TPSA) is 17.8 Å². The molecule has 11 heavy (non-hydrogen) atoms. The van der Waals surface area contributed by atoms with Crippen molar-refractivity contribution < 1.29 is 0 Å². The van der Waals surface area contributed by atoms with Gasteiger partial charge >= 0.3 is 0 Å². The zero-order valence-electron chi connectivity index (χ0n) is 7.70. The molecule has 0 spiro atoms. The van der Waals surface area contributed by atoms with Crippen molar-refractivity contribution in [3.8, 4) is 0 Å². The van der Waals surface area contributed by atoms with Crippen molar-refractivity contribution in [2.45, 2.75) is 39.7 Å². The normalized spacial score (nSPS) is 11.5. The molecule has 2 heteroatoms. The molecule has 0 amide bonds. The van der Waals surface area contributed by atoms with E-state index in [-0.39, 0.29) is 0 Å². The SMILES string of the molecule is CC(C)c1ccnn1C(C)C. The van der Waals surface area contributed by atoms with Gasteiger partial charge in [-0.3, -0.25) is 4.68 Å². The highest BCUT2D eigenvalue weighted by Crippen LogP contribution is 2.16. The number of rotatable bonds is 2. The first-order valence-electron chi connectivity index (χ1n) is 4.16. The first-order chi connectivity index (χ1) is 5.13. The summed E-state index contributed by atoms with van der Waals surface area (Å²) < 4.78 is 2.07. The van der Waals surface area contributed by atoms with Crippen molar-refractivity contribution >= 4 is 0 Å². The highest BCUT2D eigenvalue weighted by atomic mass is 15.3. The van der Waals surface area contributed by atoms with Crippen LogP contribution >= 0.6 is 0 Å². The molecule has 0 saturated carbocycles. The minimum Gasteiger partial charge on any atom is -0.267 e. The zero-order valence-corrected chi connectivity index (χ0v) is 7.70. The molecule has 1 heterocycles. The van der Waals surface area contributed by atoms with E-state index in [1.165, 1.54) is 5.69 Å². The second-order valence-corrected chi connectivity index (χ2v) is 3.45. The molecule has 0 bridgehead atoms. The van der Waals surface area contributed by atoms with Gasteiger partial charge in [-0.2, -0.15) is 5.10 Å². The number of hydrogen-bond donors (Lipinski definition) is 0. The lowest BCUT2D eigenvalue weighted by Crippen LogP contribution is -2.08. The van der Waals surface area contributed by atoms with Crippen molar-refractivity contribution in [1.82, 2.24) is 9.78 Å². The molecule has 1 aromatic rings. The van der Waals surface area contributed by atoms with Crippen LogP contribution in [0.4, 0.5) is 0 Å². The molecule has 0 aliphatic rings. The van der Waals surface area contributed by atoms with Gasteiger partial charge in [-0.25, -0.2) is 0 Å². The number of nitrogens with zero attached hydrogens (tertiary/aromatic N) is 2. The molecule has 0 aromatic carbocycles. The molecule has 0 aliphatic heterocycles. The average molecular weight is 152 g/mol. The second kappa shape index (κ2) is 3.07. The van der Waals surface area contributed by atoms with E-state index in [4.69, 9.17) is 0 Å². The average Bonchev–Trinajstić information content (AvgIpc) is 2.32. The lowest BCUT2D eigenvalue weighted by molar-refractivity contribution is 0.498. The maximum atomic E-state index is 4.25. The fourth-order valence-corrected chi connectivity index (χ4v) is 1.21. The van der Waals surface area contributed by atoms with E-state index in [2.05, 4.69) is 43.5 Å². The first kappa shape index (κ1) is 8.31. The van der Waals surface area contributed by atoms with E-state index >= 15 is 0 Å². The van der Waals surface area contributed by atoms with E-state index in [1.807, 2.05) is 6.20 Å². The van der Waals surface area contributed by atoms with Crippen molar-refractivity contribution in [1.29, 1.82) is 0 Å². The fraction of sp³-hybridized carbons (Fsp3) is 0.667. The van der Waals surface area contributed by atoms with Crippen molar-refractivity contribution in [3.63, 3.8) is 0 Å². The third-order valence-electron chi connectivity index (χ3n) is 1.78. The molecule has 1 rings (SSSR count). The maximum Gasteiger partial charge on any atom is 0.0492 e. The molecule has 0 unspecified atom stereocenters. The van der Waals surface area contributed by atoms with Crippen LogP contribution in [0.1, 0.15) is 45.3 Å². The monoisotopic (exact) mass is 152 g/mol. The Balaban J connectivity index is 2.96. The van der Waals surface area contributed by atoms with Crippen LogP contribution < -0.4 is 0 Å². The van der Waals surface area contributed by atoms with Crippen LogP contribution in [0.2, 0.25) is 0 Å². The smallest absolute Gasteiger partial charge is 0.0492 e. The van der Waals surface area contributed by atoms with Crippen LogP contribution in [0.5, 0.6) is 0 Å². The molecule has 62 valence electrons. The summed E-state index contributed by atoms with van der Waals surface area (Å²) >= 11 is 0. The standard InChI is InChI=1S/C9H16N2/c1-7(2)9-5-6-10-11(9)8(3)4/h5-8H,1-4H3. The summed E-state index contributed by atoms with van der Waals surface area (Å²) in [5.41, 5.74) is 1.32. The van der Waals surface area contributed by atoms with Gasteiger partial charge < -0.3 is 0 Å². The minimum absolute atomic E-state index is 0.474. The van der Waals surface area contributed by atoms with Gasteiger partial charge in [0.15, 0.2) is 0 Å². The Bertz CT molecular complexity index is 201. The predicted molar refractivity (Wildman–Crippen MR) is 46.7 cm³/mol. The number of hydrogen-bond acceptors (Lipinski definition) is 1. The van der Waals surface area contributed by atoms with E-state index in [1.54, 1.807) is 0 Å². The highest BCUT2D eigenvalue weighted by molar-refractivity contribution is 5.06. The summed E-state index contributed by atoms with van der Waals surface area (Å²) in [6.07, 6.45) is 1.87. The van der Waals surface area contributed by atoms with Gasteiger partial charge in [0.2, 0.25) is 0 Å². The van der Waals surface area contributed by atoms with Crippen molar-refractivity contribution in [3.05, 3.63) is 18.0 Å². The summed E-state index contributed by atoms with van der Waals surface area (Å²) in [7, 11) is 0. The lowest BCUT2D eigenvalue weighted by Gasteiger charge is -2.12. The van der Waals surface area contributed by atoms with Gasteiger partial charge in [-0.1, -0.05) is 13.8 Å². The van der Waals surface area contributed by atoms with E-state index in [0.717, 1.165) is 0 Å². The first-order valence-corrected chi connectivity index (χ1v) is 4.16. The molecule has 2 nitrogen and oxygen atoms in total. The quantitative estimate of drug-likeness (QED) is 0.637. The van der Waals surface area contributed by atoms with Gasteiger partial charge in [0.1, 0.15) is 0 Å². The Kier molecular flexibility index (Phi) is 2.32. The summed E-state index contributed by atoms with van der Waals surface area (Å²) in [6, 6.07) is 2.56. The lowest BCUT2D eigenvalue weighted by atomic mass is 10.1. The Morgan fingerprint density at radius 1 is 1.27 bits per heavy atom. The fourth-order valence-electron chi connectivity index (χ4n) is 1.21. The maximum absolute atomic E-state index is 4.25. The Morgan fingerprint density at radius 2 is 1.91 bits per heavy atom. The predicted octanol–water partition coefficient (Wildman–Crippen LogP) is 2.59. The summed E-state index contributed by atoms with van der Waals surface area (Å²) in [4.78, 5) is 0. The Hall–Kier alpha value is -0.790. The molecule has 1 aromatic heterocycles. The second-order valence-electron chi connectivity index (χ2n) is 3.45. The van der Waals surface area contributed by atoms with Crippen LogP contribution in [0.3, 0.4) is 0 Å². The summed E-state index contributed by atoms with van der Waals surface area (Å²) in [5, 5.41) is 4.25. The molecule has 0 atom stereocenters. The number of aromatic nitrogens is 2. The molecule has 0 N–H and O–H groups in total. The van der Waals surface area contributed by atoms with Crippen LogP contribution in [-0.2, 0) is 0 Å². The molecule has 0 saturated heterocycles. The van der Waals surface area contributed by atoms with Gasteiger partial charge in [-0.15, -0.1) is 0 Å². The minimum atomic E-state index is 0.474. The summed E-state index contributed by atoms with van der Waals surface area (Å²) in [6.45, 7) is 8.68. The molecular weight excluding hydrogens is 136 g/mol. The van der Waals surface area contributed by atoms with E-state index in [0.29, 0.717) is 12.0 Å². The van der Waals surface area contributed by atoms with Gasteiger partial charge in [0, 0.05) is 17.9 Å².